The molecule has 0 N–H and O–H groups in total. The average molecular weight is 279 g/mol. The Morgan fingerprint density at radius 1 is 0.733 bits per heavy atom. The van der Waals surface area contributed by atoms with Crippen LogP contribution in [-0.2, 0) is 0 Å². The molecule has 0 aromatic carbocycles. The smallest absolute Gasteiger partial charge is 0.249 e. The minimum absolute atomic E-state index is 0.887. The van der Waals surface area contributed by atoms with Gasteiger partial charge >= 0.3 is 0 Å². The summed E-state index contributed by atoms with van der Waals surface area (Å²) in [4.78, 5) is 2.51. The molecule has 0 amide bonds. The molecule has 2 fully saturated rings. The number of rotatable bonds is 2. The molecular formula is C11H20BrFN2. The molecule has 88 valence electrons. The summed E-state index contributed by atoms with van der Waals surface area (Å²) >= 11 is 3.29. The summed E-state index contributed by atoms with van der Waals surface area (Å²) in [7, 11) is 0. The SMILES string of the molecule is FC(Br)(N1CCCCC1)N1CCCCC1. The Morgan fingerprint density at radius 3 is 1.40 bits per heavy atom. The van der Waals surface area contributed by atoms with E-state index in [9.17, 15) is 4.39 Å². The first kappa shape index (κ1) is 11.8. The molecule has 0 radical (unpaired) electrons. The van der Waals surface area contributed by atoms with Gasteiger partial charge in [-0.3, -0.25) is 0 Å². The lowest BCUT2D eigenvalue weighted by atomic mass is 10.1. The lowest BCUT2D eigenvalue weighted by Crippen LogP contribution is -2.56. The monoisotopic (exact) mass is 278 g/mol. The van der Waals surface area contributed by atoms with Gasteiger partial charge in [-0.2, -0.15) is 4.39 Å². The lowest BCUT2D eigenvalue weighted by Gasteiger charge is -2.44. The molecule has 15 heavy (non-hydrogen) atoms. The molecule has 0 aromatic rings. The Bertz CT molecular complexity index is 179. The molecule has 0 unspecified atom stereocenters. The summed E-state index contributed by atoms with van der Waals surface area (Å²) in [5, 5.41) is 0. The van der Waals surface area contributed by atoms with E-state index >= 15 is 0 Å². The zero-order valence-electron chi connectivity index (χ0n) is 9.22. The Hall–Kier alpha value is 0.330. The zero-order chi connectivity index (χ0) is 10.7. The third-order valence-corrected chi connectivity index (χ3v) is 4.48. The largest absolute Gasteiger partial charge is 0.277 e. The van der Waals surface area contributed by atoms with Gasteiger partial charge in [0.1, 0.15) is 0 Å². The molecule has 0 bridgehead atoms. The van der Waals surface area contributed by atoms with Crippen molar-refractivity contribution in [3.05, 3.63) is 0 Å². The minimum Gasteiger partial charge on any atom is -0.249 e. The second-order valence-electron chi connectivity index (χ2n) is 4.60. The average Bonchev–Trinajstić information content (AvgIpc) is 2.31. The summed E-state index contributed by atoms with van der Waals surface area (Å²) in [6.45, 7) is 3.55. The maximum Gasteiger partial charge on any atom is 0.277 e. The zero-order valence-corrected chi connectivity index (χ0v) is 10.8. The second kappa shape index (κ2) is 5.11. The standard InChI is InChI=1S/C11H20BrFN2/c12-11(13,14-7-3-1-4-8-14)15-9-5-2-6-10-15/h1-10H2. The van der Waals surface area contributed by atoms with Crippen LogP contribution in [0.5, 0.6) is 0 Å². The van der Waals surface area contributed by atoms with Crippen molar-refractivity contribution in [2.45, 2.75) is 43.4 Å². The van der Waals surface area contributed by atoms with Gasteiger partial charge in [0.2, 0.25) is 0 Å². The highest BCUT2D eigenvalue weighted by molar-refractivity contribution is 9.10. The van der Waals surface area contributed by atoms with Crippen LogP contribution in [0.25, 0.3) is 0 Å². The molecule has 2 heterocycles. The van der Waals surface area contributed by atoms with E-state index in [0.29, 0.717) is 0 Å². The molecule has 0 aromatic heterocycles. The molecule has 2 nitrogen and oxygen atoms in total. The van der Waals surface area contributed by atoms with Gasteiger partial charge in [-0.05, 0) is 41.6 Å². The van der Waals surface area contributed by atoms with Crippen LogP contribution in [0.4, 0.5) is 4.39 Å². The fraction of sp³-hybridized carbons (Fsp3) is 1.00. The number of nitrogens with zero attached hydrogens (tertiary/aromatic N) is 2. The topological polar surface area (TPSA) is 6.48 Å². The lowest BCUT2D eigenvalue weighted by molar-refractivity contribution is -0.0924. The fourth-order valence-electron chi connectivity index (χ4n) is 2.53. The van der Waals surface area contributed by atoms with Crippen molar-refractivity contribution < 1.29 is 4.39 Å². The normalized spacial score (nSPS) is 26.8. The Balaban J connectivity index is 1.96. The van der Waals surface area contributed by atoms with Gasteiger partial charge in [-0.25, -0.2) is 9.80 Å². The predicted molar refractivity (Wildman–Crippen MR) is 63.6 cm³/mol. The van der Waals surface area contributed by atoms with Crippen LogP contribution < -0.4 is 0 Å². The van der Waals surface area contributed by atoms with Crippen molar-refractivity contribution in [1.29, 1.82) is 0 Å². The number of halogens is 2. The minimum atomic E-state index is -1.38. The van der Waals surface area contributed by atoms with Crippen LogP contribution in [0, 0.1) is 0 Å². The van der Waals surface area contributed by atoms with Gasteiger partial charge in [0.25, 0.3) is 4.83 Å². The van der Waals surface area contributed by atoms with Crippen LogP contribution >= 0.6 is 15.9 Å². The van der Waals surface area contributed by atoms with Crippen molar-refractivity contribution in [2.75, 3.05) is 26.2 Å². The molecule has 2 rings (SSSR count). The van der Waals surface area contributed by atoms with Crippen molar-refractivity contribution in [3.63, 3.8) is 0 Å². The highest BCUT2D eigenvalue weighted by Gasteiger charge is 2.40. The van der Waals surface area contributed by atoms with Crippen LogP contribution in [-0.4, -0.2) is 40.8 Å². The number of hydrogen-bond acceptors (Lipinski definition) is 2. The molecule has 2 saturated heterocycles. The van der Waals surface area contributed by atoms with Gasteiger partial charge in [-0.1, -0.05) is 12.8 Å². The van der Waals surface area contributed by atoms with Crippen LogP contribution in [0.15, 0.2) is 0 Å². The van der Waals surface area contributed by atoms with E-state index in [1.807, 2.05) is 9.80 Å². The third-order valence-electron chi connectivity index (χ3n) is 3.47. The highest BCUT2D eigenvalue weighted by Crippen LogP contribution is 2.34. The molecule has 2 aliphatic rings. The molecule has 0 saturated carbocycles. The number of piperidine rings is 2. The maximum absolute atomic E-state index is 14.6. The molecule has 2 aliphatic heterocycles. The van der Waals surface area contributed by atoms with E-state index in [0.717, 1.165) is 51.9 Å². The molecular weight excluding hydrogens is 259 g/mol. The van der Waals surface area contributed by atoms with Crippen molar-refractivity contribution in [3.8, 4) is 0 Å². The Labute approximate surface area is 99.9 Å². The van der Waals surface area contributed by atoms with Gasteiger partial charge in [0.15, 0.2) is 0 Å². The summed E-state index contributed by atoms with van der Waals surface area (Å²) in [6.07, 6.45) is 7.02. The van der Waals surface area contributed by atoms with Gasteiger partial charge < -0.3 is 0 Å². The fourth-order valence-corrected chi connectivity index (χ4v) is 3.24. The second-order valence-corrected chi connectivity index (χ2v) is 5.61. The van der Waals surface area contributed by atoms with Gasteiger partial charge in [0, 0.05) is 26.2 Å². The van der Waals surface area contributed by atoms with Crippen molar-refractivity contribution in [1.82, 2.24) is 9.80 Å². The maximum atomic E-state index is 14.6. The predicted octanol–water partition coefficient (Wildman–Crippen LogP) is 2.93. The Morgan fingerprint density at radius 2 is 1.07 bits per heavy atom. The molecule has 0 atom stereocenters. The van der Waals surface area contributed by atoms with E-state index in [2.05, 4.69) is 15.9 Å². The summed E-state index contributed by atoms with van der Waals surface area (Å²) in [5.41, 5.74) is 0. The summed E-state index contributed by atoms with van der Waals surface area (Å²) in [6, 6.07) is 0. The van der Waals surface area contributed by atoms with Crippen LogP contribution in [0.2, 0.25) is 0 Å². The molecule has 4 heteroatoms. The van der Waals surface area contributed by atoms with Crippen molar-refractivity contribution in [2.24, 2.45) is 0 Å². The number of hydrogen-bond donors (Lipinski definition) is 0. The third kappa shape index (κ3) is 2.71. The summed E-state index contributed by atoms with van der Waals surface area (Å²) in [5.74, 6) is 0. The molecule has 0 spiro atoms. The van der Waals surface area contributed by atoms with E-state index in [4.69, 9.17) is 0 Å². The van der Waals surface area contributed by atoms with Crippen LogP contribution in [0.3, 0.4) is 0 Å². The van der Waals surface area contributed by atoms with E-state index in [1.165, 1.54) is 12.8 Å². The van der Waals surface area contributed by atoms with Gasteiger partial charge in [0.05, 0.1) is 0 Å². The number of alkyl halides is 2. The Kier molecular flexibility index (Phi) is 4.02. The first-order valence-corrected chi connectivity index (χ1v) is 6.88. The highest BCUT2D eigenvalue weighted by atomic mass is 79.9. The van der Waals surface area contributed by atoms with E-state index in [1.54, 1.807) is 0 Å². The van der Waals surface area contributed by atoms with E-state index in [-0.39, 0.29) is 0 Å². The summed E-state index contributed by atoms with van der Waals surface area (Å²) < 4.78 is 14.6. The first-order valence-electron chi connectivity index (χ1n) is 6.09. The number of likely N-dealkylation sites (tertiary alicyclic amines) is 2. The quantitative estimate of drug-likeness (QED) is 0.566. The molecule has 0 aliphatic carbocycles. The van der Waals surface area contributed by atoms with E-state index < -0.39 is 4.83 Å². The first-order chi connectivity index (χ1) is 7.21. The van der Waals surface area contributed by atoms with Crippen LogP contribution in [0.1, 0.15) is 38.5 Å². The van der Waals surface area contributed by atoms with Gasteiger partial charge in [-0.15, -0.1) is 0 Å². The van der Waals surface area contributed by atoms with Crippen molar-refractivity contribution >= 4 is 15.9 Å².